The number of aromatic nitrogens is 1. The highest BCUT2D eigenvalue weighted by Crippen LogP contribution is 2.10. The van der Waals surface area contributed by atoms with Crippen molar-refractivity contribution in [2.45, 2.75) is 25.3 Å². The van der Waals surface area contributed by atoms with Gasteiger partial charge in [-0.05, 0) is 53.8 Å². The quantitative estimate of drug-likeness (QED) is 0.634. The molecule has 3 rings (SSSR count). The van der Waals surface area contributed by atoms with Crippen molar-refractivity contribution in [3.8, 4) is 0 Å². The number of amides is 1. The van der Waals surface area contributed by atoms with Crippen LogP contribution in [-0.4, -0.2) is 28.0 Å². The number of rotatable bonds is 8. The summed E-state index contributed by atoms with van der Waals surface area (Å²) in [6.07, 6.45) is 5.55. The van der Waals surface area contributed by atoms with Crippen molar-refractivity contribution in [2.75, 3.05) is 0 Å². The Morgan fingerprint density at radius 3 is 2.04 bits per heavy atom. The van der Waals surface area contributed by atoms with E-state index in [2.05, 4.69) is 10.3 Å². The molecule has 1 atom stereocenters. The molecule has 0 saturated carbocycles. The third kappa shape index (κ3) is 5.51. The fraction of sp³-hybridized carbons (Fsp3) is 0.174. The lowest BCUT2D eigenvalue weighted by atomic mass is 10.0. The summed E-state index contributed by atoms with van der Waals surface area (Å²) in [6.45, 7) is 0. The van der Waals surface area contributed by atoms with Gasteiger partial charge in [0.25, 0.3) is 5.91 Å². The van der Waals surface area contributed by atoms with Crippen LogP contribution in [0.5, 0.6) is 0 Å². The summed E-state index contributed by atoms with van der Waals surface area (Å²) >= 11 is 0. The molecule has 1 heterocycles. The van der Waals surface area contributed by atoms with E-state index in [1.807, 2.05) is 54.6 Å². The Morgan fingerprint density at radius 2 is 1.43 bits per heavy atom. The normalized spacial score (nSPS) is 11.6. The van der Waals surface area contributed by atoms with Crippen molar-refractivity contribution in [1.82, 2.24) is 10.3 Å². The standard InChI is InChI=1S/C23H22N2O3/c26-22(25-21(23(27)28)16-19-4-2-1-3-5-19)20-10-8-17(9-11-20)6-7-18-12-14-24-15-13-18/h1-5,8-15,21H,6-7,16H2,(H,25,26)(H,27,28)/t21-/m0/s1. The van der Waals surface area contributed by atoms with Gasteiger partial charge in [0.1, 0.15) is 6.04 Å². The summed E-state index contributed by atoms with van der Waals surface area (Å²) in [5.41, 5.74) is 3.64. The predicted octanol–water partition coefficient (Wildman–Crippen LogP) is 3.29. The van der Waals surface area contributed by atoms with Gasteiger partial charge in [-0.15, -0.1) is 0 Å². The minimum Gasteiger partial charge on any atom is -0.480 e. The van der Waals surface area contributed by atoms with E-state index in [1.54, 1.807) is 24.5 Å². The predicted molar refractivity (Wildman–Crippen MR) is 107 cm³/mol. The summed E-state index contributed by atoms with van der Waals surface area (Å²) < 4.78 is 0. The van der Waals surface area contributed by atoms with Gasteiger partial charge < -0.3 is 10.4 Å². The van der Waals surface area contributed by atoms with Gasteiger partial charge in [0, 0.05) is 24.4 Å². The maximum atomic E-state index is 12.5. The van der Waals surface area contributed by atoms with Crippen LogP contribution in [0.15, 0.2) is 79.1 Å². The molecule has 1 aromatic heterocycles. The van der Waals surface area contributed by atoms with Gasteiger partial charge in [-0.25, -0.2) is 4.79 Å². The highest BCUT2D eigenvalue weighted by atomic mass is 16.4. The summed E-state index contributed by atoms with van der Waals surface area (Å²) in [7, 11) is 0. The number of carboxylic acid groups (broad SMARTS) is 1. The number of pyridine rings is 1. The van der Waals surface area contributed by atoms with E-state index in [9.17, 15) is 14.7 Å². The molecule has 5 nitrogen and oxygen atoms in total. The van der Waals surface area contributed by atoms with E-state index < -0.39 is 12.0 Å². The average molecular weight is 374 g/mol. The van der Waals surface area contributed by atoms with E-state index in [-0.39, 0.29) is 12.3 Å². The van der Waals surface area contributed by atoms with Crippen LogP contribution < -0.4 is 5.32 Å². The number of carbonyl (C=O) groups excluding carboxylic acids is 1. The lowest BCUT2D eigenvalue weighted by molar-refractivity contribution is -0.139. The summed E-state index contributed by atoms with van der Waals surface area (Å²) in [5.74, 6) is -1.44. The first-order chi connectivity index (χ1) is 13.6. The Hall–Kier alpha value is -3.47. The number of nitrogens with zero attached hydrogens (tertiary/aromatic N) is 1. The molecule has 142 valence electrons. The third-order valence-corrected chi connectivity index (χ3v) is 4.55. The molecule has 0 fully saturated rings. The first kappa shape index (κ1) is 19.3. The maximum Gasteiger partial charge on any atom is 0.326 e. The van der Waals surface area contributed by atoms with Crippen molar-refractivity contribution in [1.29, 1.82) is 0 Å². The molecule has 0 spiro atoms. The smallest absolute Gasteiger partial charge is 0.326 e. The molecule has 3 aromatic rings. The Bertz CT molecular complexity index is 910. The van der Waals surface area contributed by atoms with Crippen molar-refractivity contribution < 1.29 is 14.7 Å². The molecule has 0 aliphatic rings. The van der Waals surface area contributed by atoms with E-state index in [4.69, 9.17) is 0 Å². The van der Waals surface area contributed by atoms with Gasteiger partial charge in [0.05, 0.1) is 0 Å². The molecule has 2 N–H and O–H groups in total. The van der Waals surface area contributed by atoms with Crippen molar-refractivity contribution in [2.24, 2.45) is 0 Å². The zero-order chi connectivity index (χ0) is 19.8. The largest absolute Gasteiger partial charge is 0.480 e. The molecule has 28 heavy (non-hydrogen) atoms. The van der Waals surface area contributed by atoms with Gasteiger partial charge >= 0.3 is 5.97 Å². The zero-order valence-electron chi connectivity index (χ0n) is 15.4. The van der Waals surface area contributed by atoms with E-state index in [1.165, 1.54) is 5.56 Å². The highest BCUT2D eigenvalue weighted by molar-refractivity contribution is 5.96. The lowest BCUT2D eigenvalue weighted by Crippen LogP contribution is -2.42. The second kappa shape index (κ2) is 9.46. The van der Waals surface area contributed by atoms with Gasteiger partial charge in [-0.3, -0.25) is 9.78 Å². The van der Waals surface area contributed by atoms with Crippen molar-refractivity contribution >= 4 is 11.9 Å². The van der Waals surface area contributed by atoms with E-state index in [0.29, 0.717) is 5.56 Å². The van der Waals surface area contributed by atoms with E-state index >= 15 is 0 Å². The monoisotopic (exact) mass is 374 g/mol. The molecule has 0 saturated heterocycles. The number of nitrogens with one attached hydrogen (secondary N) is 1. The van der Waals surface area contributed by atoms with E-state index in [0.717, 1.165) is 24.0 Å². The number of aryl methyl sites for hydroxylation is 2. The minimum atomic E-state index is -1.05. The Labute approximate surface area is 164 Å². The van der Waals surface area contributed by atoms with Gasteiger partial charge in [-0.2, -0.15) is 0 Å². The number of carbonyl (C=O) groups is 2. The lowest BCUT2D eigenvalue weighted by Gasteiger charge is -2.15. The number of hydrogen-bond donors (Lipinski definition) is 2. The Kier molecular flexibility index (Phi) is 6.52. The first-order valence-corrected chi connectivity index (χ1v) is 9.17. The number of hydrogen-bond acceptors (Lipinski definition) is 3. The summed E-state index contributed by atoms with van der Waals surface area (Å²) in [6, 6.07) is 19.5. The number of carboxylic acids is 1. The maximum absolute atomic E-state index is 12.5. The second-order valence-corrected chi connectivity index (χ2v) is 6.61. The van der Waals surface area contributed by atoms with Crippen molar-refractivity contribution in [3.05, 3.63) is 101 Å². The summed E-state index contributed by atoms with van der Waals surface area (Å²) in [4.78, 5) is 28.0. The fourth-order valence-electron chi connectivity index (χ4n) is 2.95. The van der Waals surface area contributed by atoms with Crippen LogP contribution in [0.25, 0.3) is 0 Å². The Morgan fingerprint density at radius 1 is 0.821 bits per heavy atom. The highest BCUT2D eigenvalue weighted by Gasteiger charge is 2.21. The molecule has 5 heteroatoms. The van der Waals surface area contributed by atoms with Crippen LogP contribution in [0.2, 0.25) is 0 Å². The minimum absolute atomic E-state index is 0.242. The van der Waals surface area contributed by atoms with Gasteiger partial charge in [0.2, 0.25) is 0 Å². The number of aliphatic carboxylic acids is 1. The van der Waals surface area contributed by atoms with Crippen LogP contribution >= 0.6 is 0 Å². The number of benzene rings is 2. The average Bonchev–Trinajstić information content (AvgIpc) is 2.73. The first-order valence-electron chi connectivity index (χ1n) is 9.17. The molecule has 0 aliphatic heterocycles. The molecular weight excluding hydrogens is 352 g/mol. The van der Waals surface area contributed by atoms with Crippen LogP contribution in [0.4, 0.5) is 0 Å². The molecule has 2 aromatic carbocycles. The summed E-state index contributed by atoms with van der Waals surface area (Å²) in [5, 5.41) is 12.0. The molecular formula is C23H22N2O3. The van der Waals surface area contributed by atoms with Crippen molar-refractivity contribution in [3.63, 3.8) is 0 Å². The van der Waals surface area contributed by atoms with Crippen LogP contribution in [0.1, 0.15) is 27.0 Å². The van der Waals surface area contributed by atoms with Gasteiger partial charge in [-0.1, -0.05) is 42.5 Å². The third-order valence-electron chi connectivity index (χ3n) is 4.55. The van der Waals surface area contributed by atoms with Crippen LogP contribution in [-0.2, 0) is 24.1 Å². The van der Waals surface area contributed by atoms with Gasteiger partial charge in [0.15, 0.2) is 0 Å². The molecule has 0 aliphatic carbocycles. The second-order valence-electron chi connectivity index (χ2n) is 6.61. The topological polar surface area (TPSA) is 79.3 Å². The Balaban J connectivity index is 1.59. The molecule has 1 amide bonds. The van der Waals surface area contributed by atoms with Crippen LogP contribution in [0.3, 0.4) is 0 Å². The molecule has 0 unspecified atom stereocenters. The molecule has 0 radical (unpaired) electrons. The zero-order valence-corrected chi connectivity index (χ0v) is 15.4. The fourth-order valence-corrected chi connectivity index (χ4v) is 2.95. The van der Waals surface area contributed by atoms with Crippen LogP contribution in [0, 0.1) is 0 Å². The SMILES string of the molecule is O=C(N[C@@H](Cc1ccccc1)C(=O)O)c1ccc(CCc2ccncc2)cc1. The molecule has 0 bridgehead atoms.